The smallest absolute Gasteiger partial charge is 0.0870 e. The van der Waals surface area contributed by atoms with Crippen molar-refractivity contribution in [1.29, 1.82) is 0 Å². The van der Waals surface area contributed by atoms with E-state index in [-0.39, 0.29) is 0 Å². The molecule has 1 heterocycles. The molecule has 0 saturated carbocycles. The first-order valence-corrected chi connectivity index (χ1v) is 5.52. The predicted molar refractivity (Wildman–Crippen MR) is 63.7 cm³/mol. The van der Waals surface area contributed by atoms with Gasteiger partial charge in [-0.05, 0) is 32.0 Å². The van der Waals surface area contributed by atoms with E-state index in [1.165, 1.54) is 5.57 Å². The average molecular weight is 197 g/mol. The van der Waals surface area contributed by atoms with Crippen LogP contribution in [0.5, 0.6) is 0 Å². The number of nitrogens with zero attached hydrogens (tertiary/aromatic N) is 1. The van der Waals surface area contributed by atoms with Gasteiger partial charge < -0.3 is 10.6 Å². The van der Waals surface area contributed by atoms with E-state index in [1.54, 1.807) is 6.34 Å². The van der Waals surface area contributed by atoms with Gasteiger partial charge in [-0.3, -0.25) is 4.99 Å². The molecule has 0 aliphatic carbocycles. The molecule has 1 aliphatic heterocycles. The van der Waals surface area contributed by atoms with Crippen molar-refractivity contribution < 1.29 is 0 Å². The molecule has 0 bridgehead atoms. The highest BCUT2D eigenvalue weighted by atomic mass is 15.0. The SMILES string of the molecule is CC.CCNCCC1=CNC=NC1C. The van der Waals surface area contributed by atoms with Gasteiger partial charge in [0.15, 0.2) is 0 Å². The third kappa shape index (κ3) is 5.02. The summed E-state index contributed by atoms with van der Waals surface area (Å²) in [5.41, 5.74) is 1.37. The lowest BCUT2D eigenvalue weighted by Crippen LogP contribution is -2.21. The van der Waals surface area contributed by atoms with Gasteiger partial charge in [-0.2, -0.15) is 0 Å². The van der Waals surface area contributed by atoms with Gasteiger partial charge in [0.25, 0.3) is 0 Å². The average Bonchev–Trinajstić information content (AvgIpc) is 2.24. The summed E-state index contributed by atoms with van der Waals surface area (Å²) in [6, 6.07) is 0.352. The summed E-state index contributed by atoms with van der Waals surface area (Å²) in [6.07, 6.45) is 4.88. The van der Waals surface area contributed by atoms with Crippen LogP contribution < -0.4 is 10.6 Å². The van der Waals surface area contributed by atoms with Crippen LogP contribution in [0.1, 0.15) is 34.1 Å². The van der Waals surface area contributed by atoms with Crippen molar-refractivity contribution in [1.82, 2.24) is 10.6 Å². The summed E-state index contributed by atoms with van der Waals surface area (Å²) >= 11 is 0. The number of aliphatic imine (C=N–C) groups is 1. The number of rotatable bonds is 4. The molecule has 0 aromatic heterocycles. The van der Waals surface area contributed by atoms with Crippen molar-refractivity contribution >= 4 is 6.34 Å². The summed E-state index contributed by atoms with van der Waals surface area (Å²) in [6.45, 7) is 10.3. The largest absolute Gasteiger partial charge is 0.353 e. The fraction of sp³-hybridized carbons (Fsp3) is 0.727. The van der Waals surface area contributed by atoms with Crippen LogP contribution in [0.3, 0.4) is 0 Å². The maximum absolute atomic E-state index is 4.26. The van der Waals surface area contributed by atoms with Gasteiger partial charge in [0, 0.05) is 6.20 Å². The maximum atomic E-state index is 4.26. The van der Waals surface area contributed by atoms with Gasteiger partial charge in [-0.1, -0.05) is 20.8 Å². The molecule has 0 fully saturated rings. The Hall–Kier alpha value is -0.830. The zero-order valence-corrected chi connectivity index (χ0v) is 9.80. The summed E-state index contributed by atoms with van der Waals surface area (Å²) < 4.78 is 0. The second-order valence-corrected chi connectivity index (χ2v) is 2.94. The highest BCUT2D eigenvalue weighted by Crippen LogP contribution is 2.10. The van der Waals surface area contributed by atoms with E-state index >= 15 is 0 Å². The molecule has 3 nitrogen and oxygen atoms in total. The van der Waals surface area contributed by atoms with Crippen LogP contribution in [-0.4, -0.2) is 25.5 Å². The lowest BCUT2D eigenvalue weighted by molar-refractivity contribution is 0.675. The van der Waals surface area contributed by atoms with Crippen molar-refractivity contribution in [2.24, 2.45) is 4.99 Å². The minimum Gasteiger partial charge on any atom is -0.353 e. The minimum atomic E-state index is 0.352. The number of hydrogen-bond acceptors (Lipinski definition) is 3. The Balaban J connectivity index is 0.000000791. The molecule has 0 radical (unpaired) electrons. The fourth-order valence-electron chi connectivity index (χ4n) is 1.21. The van der Waals surface area contributed by atoms with E-state index in [0.29, 0.717) is 6.04 Å². The zero-order valence-electron chi connectivity index (χ0n) is 9.80. The van der Waals surface area contributed by atoms with Crippen molar-refractivity contribution in [2.45, 2.75) is 40.2 Å². The van der Waals surface area contributed by atoms with Gasteiger partial charge in [-0.25, -0.2) is 0 Å². The van der Waals surface area contributed by atoms with E-state index in [9.17, 15) is 0 Å². The normalized spacial score (nSPS) is 19.1. The Labute approximate surface area is 87.7 Å². The van der Waals surface area contributed by atoms with Gasteiger partial charge in [0.2, 0.25) is 0 Å². The number of hydrogen-bond donors (Lipinski definition) is 2. The highest BCUT2D eigenvalue weighted by Gasteiger charge is 2.07. The second-order valence-electron chi connectivity index (χ2n) is 2.94. The molecule has 0 amide bonds. The molecule has 1 atom stereocenters. The Kier molecular flexibility index (Phi) is 8.24. The summed E-state index contributed by atoms with van der Waals surface area (Å²) in [5.74, 6) is 0. The molecule has 1 aliphatic rings. The predicted octanol–water partition coefficient (Wildman–Crippen LogP) is 1.92. The molecular weight excluding hydrogens is 174 g/mol. The third-order valence-corrected chi connectivity index (χ3v) is 2.02. The van der Waals surface area contributed by atoms with Crippen molar-refractivity contribution in [2.75, 3.05) is 13.1 Å². The van der Waals surface area contributed by atoms with Crippen LogP contribution in [0.15, 0.2) is 16.8 Å². The van der Waals surface area contributed by atoms with Crippen molar-refractivity contribution in [3.63, 3.8) is 0 Å². The molecule has 3 heteroatoms. The lowest BCUT2D eigenvalue weighted by atomic mass is 10.1. The van der Waals surface area contributed by atoms with E-state index < -0.39 is 0 Å². The quantitative estimate of drug-likeness (QED) is 0.675. The fourth-order valence-corrected chi connectivity index (χ4v) is 1.21. The van der Waals surface area contributed by atoms with E-state index in [4.69, 9.17) is 0 Å². The second kappa shape index (κ2) is 8.75. The van der Waals surface area contributed by atoms with Crippen LogP contribution in [-0.2, 0) is 0 Å². The first-order chi connectivity index (χ1) is 6.84. The van der Waals surface area contributed by atoms with Gasteiger partial charge in [0.1, 0.15) is 0 Å². The molecule has 14 heavy (non-hydrogen) atoms. The molecule has 0 spiro atoms. The Bertz CT molecular complexity index is 185. The number of nitrogens with one attached hydrogen (secondary N) is 2. The molecular formula is C11H23N3. The van der Waals surface area contributed by atoms with E-state index in [2.05, 4.69) is 35.7 Å². The molecule has 0 aromatic rings. The highest BCUT2D eigenvalue weighted by molar-refractivity contribution is 5.58. The Morgan fingerprint density at radius 2 is 2.21 bits per heavy atom. The molecule has 2 N–H and O–H groups in total. The lowest BCUT2D eigenvalue weighted by Gasteiger charge is -2.15. The van der Waals surface area contributed by atoms with Gasteiger partial charge in [0.05, 0.1) is 12.4 Å². The van der Waals surface area contributed by atoms with Crippen molar-refractivity contribution in [3.8, 4) is 0 Å². The first kappa shape index (κ1) is 13.2. The van der Waals surface area contributed by atoms with Gasteiger partial charge in [-0.15, -0.1) is 0 Å². The Morgan fingerprint density at radius 1 is 1.50 bits per heavy atom. The van der Waals surface area contributed by atoms with E-state index in [0.717, 1.165) is 19.5 Å². The van der Waals surface area contributed by atoms with Crippen LogP contribution in [0.4, 0.5) is 0 Å². The van der Waals surface area contributed by atoms with Crippen LogP contribution in [0.2, 0.25) is 0 Å². The van der Waals surface area contributed by atoms with Crippen LogP contribution >= 0.6 is 0 Å². The van der Waals surface area contributed by atoms with Crippen LogP contribution in [0, 0.1) is 0 Å². The summed E-state index contributed by atoms with van der Waals surface area (Å²) in [5, 5.41) is 6.31. The summed E-state index contributed by atoms with van der Waals surface area (Å²) in [7, 11) is 0. The third-order valence-electron chi connectivity index (χ3n) is 2.02. The maximum Gasteiger partial charge on any atom is 0.0870 e. The van der Waals surface area contributed by atoms with E-state index in [1.807, 2.05) is 13.8 Å². The van der Waals surface area contributed by atoms with Crippen LogP contribution in [0.25, 0.3) is 0 Å². The van der Waals surface area contributed by atoms with Gasteiger partial charge >= 0.3 is 0 Å². The topological polar surface area (TPSA) is 36.4 Å². The van der Waals surface area contributed by atoms with Crippen molar-refractivity contribution in [3.05, 3.63) is 11.8 Å². The standard InChI is InChI=1S/C9H17N3.C2H6/c1-3-10-5-4-9-6-11-7-12-8(9)2;1-2/h6-8,10H,3-5H2,1-2H3,(H,11,12);1-2H3. The molecule has 0 aromatic carbocycles. The monoisotopic (exact) mass is 197 g/mol. The molecule has 1 unspecified atom stereocenters. The molecule has 0 saturated heterocycles. The molecule has 1 rings (SSSR count). The zero-order chi connectivity index (χ0) is 10.8. The first-order valence-electron chi connectivity index (χ1n) is 5.52. The Morgan fingerprint density at radius 3 is 2.79 bits per heavy atom. The minimum absolute atomic E-state index is 0.352. The summed E-state index contributed by atoms with van der Waals surface area (Å²) in [4.78, 5) is 4.26. The molecule has 82 valence electrons.